The molecule has 1 amide bonds. The highest BCUT2D eigenvalue weighted by Crippen LogP contribution is 2.35. The Bertz CT molecular complexity index is 621. The Morgan fingerprint density at radius 2 is 1.39 bits per heavy atom. The van der Waals surface area contributed by atoms with E-state index in [-0.39, 0.29) is 12.0 Å². The molecule has 0 radical (unpaired) electrons. The van der Waals surface area contributed by atoms with Crippen molar-refractivity contribution in [3.63, 3.8) is 0 Å². The molecule has 2 fully saturated rings. The molecule has 3 nitrogen and oxygen atoms in total. The van der Waals surface area contributed by atoms with Gasteiger partial charge in [0.1, 0.15) is 0 Å². The summed E-state index contributed by atoms with van der Waals surface area (Å²) in [7, 11) is 0. The van der Waals surface area contributed by atoms with Gasteiger partial charge in [0.05, 0.1) is 12.0 Å². The number of carbonyl (C=O) groups is 1. The molecule has 2 aromatic rings. The second kappa shape index (κ2) is 6.17. The number of benzene rings is 2. The van der Waals surface area contributed by atoms with Crippen LogP contribution in [0.1, 0.15) is 23.6 Å². The molecule has 3 heteroatoms. The summed E-state index contributed by atoms with van der Waals surface area (Å²) in [6, 6.07) is 21.5. The van der Waals surface area contributed by atoms with Crippen molar-refractivity contribution in [1.82, 2.24) is 9.80 Å². The first-order valence-electron chi connectivity index (χ1n) is 8.45. The Morgan fingerprint density at radius 3 is 1.83 bits per heavy atom. The van der Waals surface area contributed by atoms with E-state index in [1.807, 2.05) is 4.90 Å². The fourth-order valence-corrected chi connectivity index (χ4v) is 3.56. The number of hydrogen-bond acceptors (Lipinski definition) is 2. The van der Waals surface area contributed by atoms with Crippen LogP contribution < -0.4 is 0 Å². The summed E-state index contributed by atoms with van der Waals surface area (Å²) in [6.45, 7) is 3.64. The lowest BCUT2D eigenvalue weighted by atomic mass is 9.89. The summed E-state index contributed by atoms with van der Waals surface area (Å²) >= 11 is 0. The quantitative estimate of drug-likeness (QED) is 0.867. The van der Waals surface area contributed by atoms with Crippen molar-refractivity contribution in [1.29, 1.82) is 0 Å². The van der Waals surface area contributed by atoms with Gasteiger partial charge in [0, 0.05) is 26.2 Å². The molecule has 0 saturated carbocycles. The van der Waals surface area contributed by atoms with Gasteiger partial charge in [-0.1, -0.05) is 60.7 Å². The van der Waals surface area contributed by atoms with Gasteiger partial charge in [-0.25, -0.2) is 0 Å². The van der Waals surface area contributed by atoms with Gasteiger partial charge in [-0.05, 0) is 17.5 Å². The van der Waals surface area contributed by atoms with Crippen molar-refractivity contribution >= 4 is 5.91 Å². The predicted molar refractivity (Wildman–Crippen MR) is 91.0 cm³/mol. The first-order chi connectivity index (χ1) is 11.3. The van der Waals surface area contributed by atoms with Gasteiger partial charge in [0.2, 0.25) is 5.91 Å². The molecule has 2 aromatic carbocycles. The number of carbonyl (C=O) groups excluding carboxylic acids is 1. The molecule has 2 aliphatic rings. The normalized spacial score (nSPS) is 18.6. The van der Waals surface area contributed by atoms with Crippen LogP contribution in [0.25, 0.3) is 0 Å². The molecule has 118 valence electrons. The zero-order valence-corrected chi connectivity index (χ0v) is 13.3. The van der Waals surface area contributed by atoms with Crippen molar-refractivity contribution in [2.45, 2.75) is 12.5 Å². The number of amides is 1. The van der Waals surface area contributed by atoms with Crippen LogP contribution in [0.5, 0.6) is 0 Å². The number of likely N-dealkylation sites (tertiary alicyclic amines) is 2. The van der Waals surface area contributed by atoms with Crippen LogP contribution in [0, 0.1) is 5.92 Å². The SMILES string of the molecule is O=C(C1CN(C(c2ccccc2)c2ccccc2)C1)N1CCC1. The fourth-order valence-electron chi connectivity index (χ4n) is 3.56. The average Bonchev–Trinajstić information content (AvgIpc) is 2.50. The van der Waals surface area contributed by atoms with Crippen molar-refractivity contribution in [3.05, 3.63) is 71.8 Å². The molecule has 23 heavy (non-hydrogen) atoms. The molecule has 0 unspecified atom stereocenters. The molecule has 2 aliphatic heterocycles. The molecular formula is C20H22N2O. The van der Waals surface area contributed by atoms with E-state index in [1.165, 1.54) is 17.5 Å². The average molecular weight is 306 g/mol. The summed E-state index contributed by atoms with van der Waals surface area (Å²) in [4.78, 5) is 16.8. The predicted octanol–water partition coefficient (Wildman–Crippen LogP) is 2.94. The van der Waals surface area contributed by atoms with Gasteiger partial charge >= 0.3 is 0 Å². The first-order valence-corrected chi connectivity index (χ1v) is 8.45. The van der Waals surface area contributed by atoms with Gasteiger partial charge < -0.3 is 4.90 Å². The Balaban J connectivity index is 1.52. The molecule has 0 N–H and O–H groups in total. The zero-order chi connectivity index (χ0) is 15.6. The summed E-state index contributed by atoms with van der Waals surface area (Å²) in [5, 5.41) is 0. The molecule has 4 rings (SSSR count). The van der Waals surface area contributed by atoms with Gasteiger partial charge in [-0.3, -0.25) is 9.69 Å². The lowest BCUT2D eigenvalue weighted by Gasteiger charge is -2.46. The highest BCUT2D eigenvalue weighted by molar-refractivity contribution is 5.80. The van der Waals surface area contributed by atoms with Crippen LogP contribution in [0.2, 0.25) is 0 Å². The van der Waals surface area contributed by atoms with Crippen LogP contribution in [0.15, 0.2) is 60.7 Å². The minimum atomic E-state index is 0.185. The van der Waals surface area contributed by atoms with Crippen LogP contribution >= 0.6 is 0 Å². The minimum Gasteiger partial charge on any atom is -0.342 e. The summed E-state index contributed by atoms with van der Waals surface area (Å²) in [5.74, 6) is 0.539. The topological polar surface area (TPSA) is 23.6 Å². The summed E-state index contributed by atoms with van der Waals surface area (Å²) in [6.07, 6.45) is 1.17. The van der Waals surface area contributed by atoms with Gasteiger partial charge in [0.15, 0.2) is 0 Å². The van der Waals surface area contributed by atoms with Crippen molar-refractivity contribution in [3.8, 4) is 0 Å². The Labute approximate surface area is 137 Å². The van der Waals surface area contributed by atoms with Crippen molar-refractivity contribution in [2.24, 2.45) is 5.92 Å². The monoisotopic (exact) mass is 306 g/mol. The van der Waals surface area contributed by atoms with Crippen LogP contribution in [-0.2, 0) is 4.79 Å². The van der Waals surface area contributed by atoms with E-state index in [2.05, 4.69) is 65.6 Å². The molecule has 0 atom stereocenters. The Morgan fingerprint density at radius 1 is 0.870 bits per heavy atom. The van der Waals surface area contributed by atoms with E-state index in [1.54, 1.807) is 0 Å². The molecule has 0 aliphatic carbocycles. The summed E-state index contributed by atoms with van der Waals surface area (Å²) < 4.78 is 0. The molecular weight excluding hydrogens is 284 g/mol. The third-order valence-electron chi connectivity index (χ3n) is 5.02. The summed E-state index contributed by atoms with van der Waals surface area (Å²) in [5.41, 5.74) is 2.60. The maximum absolute atomic E-state index is 12.3. The van der Waals surface area contributed by atoms with Crippen LogP contribution in [0.4, 0.5) is 0 Å². The number of rotatable bonds is 4. The van der Waals surface area contributed by atoms with Crippen molar-refractivity contribution < 1.29 is 4.79 Å². The fraction of sp³-hybridized carbons (Fsp3) is 0.350. The van der Waals surface area contributed by atoms with E-state index in [4.69, 9.17) is 0 Å². The molecule has 2 saturated heterocycles. The lowest BCUT2D eigenvalue weighted by Crippen LogP contribution is -2.57. The first kappa shape index (κ1) is 14.5. The molecule has 0 bridgehead atoms. The standard InChI is InChI=1S/C20H22N2O/c23-20(21-12-7-13-21)18-14-22(15-18)19(16-8-3-1-4-9-16)17-10-5-2-6-11-17/h1-6,8-11,18-19H,7,12-15H2. The van der Waals surface area contributed by atoms with Gasteiger partial charge in [-0.15, -0.1) is 0 Å². The smallest absolute Gasteiger partial charge is 0.228 e. The Hall–Kier alpha value is -2.13. The van der Waals surface area contributed by atoms with E-state index in [9.17, 15) is 4.79 Å². The maximum atomic E-state index is 12.3. The second-order valence-electron chi connectivity index (χ2n) is 6.55. The zero-order valence-electron chi connectivity index (χ0n) is 13.3. The van der Waals surface area contributed by atoms with Crippen molar-refractivity contribution in [2.75, 3.05) is 26.2 Å². The third-order valence-corrected chi connectivity index (χ3v) is 5.02. The minimum absolute atomic E-state index is 0.185. The molecule has 2 heterocycles. The van der Waals surface area contributed by atoms with E-state index >= 15 is 0 Å². The second-order valence-corrected chi connectivity index (χ2v) is 6.55. The van der Waals surface area contributed by atoms with Crippen LogP contribution in [-0.4, -0.2) is 41.9 Å². The highest BCUT2D eigenvalue weighted by atomic mass is 16.2. The Kier molecular flexibility index (Phi) is 3.88. The lowest BCUT2D eigenvalue weighted by molar-refractivity contribution is -0.145. The van der Waals surface area contributed by atoms with E-state index in [0.29, 0.717) is 5.91 Å². The molecule has 0 spiro atoms. The van der Waals surface area contributed by atoms with E-state index in [0.717, 1.165) is 26.2 Å². The van der Waals surface area contributed by atoms with Gasteiger partial charge in [0.25, 0.3) is 0 Å². The van der Waals surface area contributed by atoms with E-state index < -0.39 is 0 Å². The highest BCUT2D eigenvalue weighted by Gasteiger charge is 2.40. The van der Waals surface area contributed by atoms with Gasteiger partial charge in [-0.2, -0.15) is 0 Å². The maximum Gasteiger partial charge on any atom is 0.228 e. The number of nitrogens with zero attached hydrogens (tertiary/aromatic N) is 2. The number of hydrogen-bond donors (Lipinski definition) is 0. The largest absolute Gasteiger partial charge is 0.342 e. The third kappa shape index (κ3) is 2.77. The van der Waals surface area contributed by atoms with Crippen LogP contribution in [0.3, 0.4) is 0 Å². The molecule has 0 aromatic heterocycles.